The number of aliphatic carboxylic acids is 1. The predicted octanol–water partition coefficient (Wildman–Crippen LogP) is 0.159. The van der Waals surface area contributed by atoms with Crippen molar-refractivity contribution >= 4 is 5.97 Å². The van der Waals surface area contributed by atoms with Crippen LogP contribution in [0.25, 0.3) is 0 Å². The van der Waals surface area contributed by atoms with Crippen LogP contribution in [0.15, 0.2) is 0 Å². The van der Waals surface area contributed by atoms with E-state index in [1.54, 1.807) is 0 Å². The molecule has 1 aliphatic heterocycles. The molecule has 20 heavy (non-hydrogen) atoms. The van der Waals surface area contributed by atoms with Gasteiger partial charge in [0.2, 0.25) is 0 Å². The Balaban J connectivity index is 2.21. The highest BCUT2D eigenvalue weighted by Crippen LogP contribution is 2.16. The summed E-state index contributed by atoms with van der Waals surface area (Å²) in [5.74, 6) is -0.361. The Morgan fingerprint density at radius 3 is 2.90 bits per heavy atom. The van der Waals surface area contributed by atoms with Crippen LogP contribution in [0, 0.1) is 5.92 Å². The molecule has 0 aliphatic carbocycles. The third-order valence-electron chi connectivity index (χ3n) is 3.40. The number of hydrogen-bond acceptors (Lipinski definition) is 5. The quantitative estimate of drug-likeness (QED) is 0.561. The van der Waals surface area contributed by atoms with E-state index in [9.17, 15) is 9.90 Å². The number of piperidine rings is 1. The Morgan fingerprint density at radius 1 is 1.50 bits per heavy atom. The van der Waals surface area contributed by atoms with Gasteiger partial charge >= 0.3 is 5.97 Å². The van der Waals surface area contributed by atoms with E-state index in [4.69, 9.17) is 9.84 Å². The summed E-state index contributed by atoms with van der Waals surface area (Å²) in [5.41, 5.74) is 0. The van der Waals surface area contributed by atoms with E-state index in [2.05, 4.69) is 10.2 Å². The molecule has 118 valence electrons. The lowest BCUT2D eigenvalue weighted by Gasteiger charge is -2.34. The smallest absolute Gasteiger partial charge is 0.317 e. The number of aliphatic hydroxyl groups is 1. The van der Waals surface area contributed by atoms with Gasteiger partial charge in [0.15, 0.2) is 0 Å². The lowest BCUT2D eigenvalue weighted by atomic mass is 9.97. The van der Waals surface area contributed by atoms with Gasteiger partial charge in [-0.25, -0.2) is 0 Å². The van der Waals surface area contributed by atoms with Gasteiger partial charge in [-0.2, -0.15) is 0 Å². The number of β-amino-alcohol motifs (C(OH)–C–C–N with tert-alkyl or cyclic N) is 1. The van der Waals surface area contributed by atoms with Crippen LogP contribution in [-0.4, -0.2) is 72.6 Å². The van der Waals surface area contributed by atoms with E-state index in [1.165, 1.54) is 0 Å². The molecule has 1 heterocycles. The Bertz CT molecular complexity index is 286. The highest BCUT2D eigenvalue weighted by molar-refractivity contribution is 5.68. The molecule has 1 aliphatic rings. The third-order valence-corrected chi connectivity index (χ3v) is 3.40. The summed E-state index contributed by atoms with van der Waals surface area (Å²) in [4.78, 5) is 12.7. The average molecular weight is 288 g/mol. The number of ether oxygens (including phenoxy) is 1. The Labute approximate surface area is 121 Å². The van der Waals surface area contributed by atoms with E-state index in [0.717, 1.165) is 32.5 Å². The minimum absolute atomic E-state index is 0.0152. The summed E-state index contributed by atoms with van der Waals surface area (Å²) < 4.78 is 5.41. The molecule has 6 heteroatoms. The van der Waals surface area contributed by atoms with Crippen LogP contribution < -0.4 is 5.32 Å². The van der Waals surface area contributed by atoms with Crippen molar-refractivity contribution < 1.29 is 19.7 Å². The Morgan fingerprint density at radius 2 is 2.25 bits per heavy atom. The fraction of sp³-hybridized carbons (Fsp3) is 0.929. The maximum absolute atomic E-state index is 10.5. The second-order valence-corrected chi connectivity index (χ2v) is 5.83. The predicted molar refractivity (Wildman–Crippen MR) is 76.8 cm³/mol. The Kier molecular flexibility index (Phi) is 8.06. The van der Waals surface area contributed by atoms with Crippen molar-refractivity contribution in [3.63, 3.8) is 0 Å². The highest BCUT2D eigenvalue weighted by Gasteiger charge is 2.21. The van der Waals surface area contributed by atoms with Gasteiger partial charge in [0.05, 0.1) is 25.4 Å². The van der Waals surface area contributed by atoms with E-state index in [-0.39, 0.29) is 12.6 Å². The lowest BCUT2D eigenvalue weighted by molar-refractivity contribution is -0.136. The summed E-state index contributed by atoms with van der Waals surface area (Å²) in [6.07, 6.45) is 1.89. The van der Waals surface area contributed by atoms with Crippen LogP contribution in [0.3, 0.4) is 0 Å². The van der Waals surface area contributed by atoms with E-state index in [1.807, 2.05) is 13.8 Å². The Hall–Kier alpha value is -0.690. The minimum Gasteiger partial charge on any atom is -0.480 e. The fourth-order valence-electron chi connectivity index (χ4n) is 2.52. The SMILES string of the molecule is CC(C)OCC(O)CN1CCCC(CNCC(=O)O)C1. The molecule has 3 N–H and O–H groups in total. The van der Waals surface area contributed by atoms with Crippen molar-refractivity contribution in [3.05, 3.63) is 0 Å². The molecule has 0 aromatic heterocycles. The summed E-state index contributed by atoms with van der Waals surface area (Å²) >= 11 is 0. The van der Waals surface area contributed by atoms with Crippen molar-refractivity contribution in [2.45, 2.75) is 38.9 Å². The molecule has 0 amide bonds. The number of hydrogen-bond donors (Lipinski definition) is 3. The number of aliphatic hydroxyl groups excluding tert-OH is 1. The molecule has 1 fully saturated rings. The first kappa shape index (κ1) is 17.4. The first-order valence-corrected chi connectivity index (χ1v) is 7.42. The van der Waals surface area contributed by atoms with Gasteiger partial charge < -0.3 is 25.2 Å². The van der Waals surface area contributed by atoms with Gasteiger partial charge in [-0.3, -0.25) is 4.79 Å². The van der Waals surface area contributed by atoms with Gasteiger partial charge in [0.1, 0.15) is 0 Å². The summed E-state index contributed by atoms with van der Waals surface area (Å²) in [7, 11) is 0. The zero-order chi connectivity index (χ0) is 15.0. The van der Waals surface area contributed by atoms with Crippen molar-refractivity contribution in [3.8, 4) is 0 Å². The second kappa shape index (κ2) is 9.28. The average Bonchev–Trinajstić information content (AvgIpc) is 2.36. The monoisotopic (exact) mass is 288 g/mol. The summed E-state index contributed by atoms with van der Waals surface area (Å²) in [5, 5.41) is 21.5. The van der Waals surface area contributed by atoms with Gasteiger partial charge in [0, 0.05) is 13.1 Å². The molecule has 0 saturated carbocycles. The molecule has 1 saturated heterocycles. The first-order valence-electron chi connectivity index (χ1n) is 7.42. The van der Waals surface area contributed by atoms with Gasteiger partial charge in [0.25, 0.3) is 0 Å². The summed E-state index contributed by atoms with van der Waals surface area (Å²) in [6.45, 7) is 7.55. The van der Waals surface area contributed by atoms with Gasteiger partial charge in [-0.15, -0.1) is 0 Å². The molecular weight excluding hydrogens is 260 g/mol. The number of carboxylic acids is 1. The number of likely N-dealkylation sites (tertiary alicyclic amines) is 1. The molecule has 0 aromatic rings. The van der Waals surface area contributed by atoms with E-state index in [0.29, 0.717) is 19.1 Å². The third kappa shape index (κ3) is 7.79. The molecule has 0 spiro atoms. The van der Waals surface area contributed by atoms with Crippen LogP contribution in [-0.2, 0) is 9.53 Å². The molecular formula is C14H28N2O4. The van der Waals surface area contributed by atoms with Crippen molar-refractivity contribution in [2.75, 3.05) is 39.3 Å². The standard InChI is InChI=1S/C14H28N2O4/c1-11(2)20-10-13(17)9-16-5-3-4-12(8-16)6-15-7-14(18)19/h11-13,15,17H,3-10H2,1-2H3,(H,18,19). The zero-order valence-corrected chi connectivity index (χ0v) is 12.5. The topological polar surface area (TPSA) is 82.0 Å². The van der Waals surface area contributed by atoms with Crippen molar-refractivity contribution in [1.29, 1.82) is 0 Å². The minimum atomic E-state index is -0.820. The van der Waals surface area contributed by atoms with Crippen molar-refractivity contribution in [2.24, 2.45) is 5.92 Å². The van der Waals surface area contributed by atoms with Gasteiger partial charge in [-0.1, -0.05) is 0 Å². The van der Waals surface area contributed by atoms with Crippen LogP contribution in [0.1, 0.15) is 26.7 Å². The van der Waals surface area contributed by atoms with Crippen LogP contribution in [0.2, 0.25) is 0 Å². The van der Waals surface area contributed by atoms with Gasteiger partial charge in [-0.05, 0) is 45.7 Å². The maximum atomic E-state index is 10.5. The lowest BCUT2D eigenvalue weighted by Crippen LogP contribution is -2.44. The zero-order valence-electron chi connectivity index (χ0n) is 12.5. The molecule has 2 atom stereocenters. The first-order chi connectivity index (χ1) is 9.47. The molecule has 0 radical (unpaired) electrons. The molecule has 0 aromatic carbocycles. The molecule has 6 nitrogen and oxygen atoms in total. The van der Waals surface area contributed by atoms with Crippen molar-refractivity contribution in [1.82, 2.24) is 10.2 Å². The number of rotatable bonds is 9. The largest absolute Gasteiger partial charge is 0.480 e. The van der Waals surface area contributed by atoms with Crippen LogP contribution in [0.5, 0.6) is 0 Å². The van der Waals surface area contributed by atoms with E-state index < -0.39 is 12.1 Å². The van der Waals surface area contributed by atoms with Crippen LogP contribution >= 0.6 is 0 Å². The normalized spacial score (nSPS) is 22.1. The number of nitrogens with one attached hydrogen (secondary N) is 1. The summed E-state index contributed by atoms with van der Waals surface area (Å²) in [6, 6.07) is 0. The maximum Gasteiger partial charge on any atom is 0.317 e. The number of carbonyl (C=O) groups is 1. The number of carboxylic acid groups (broad SMARTS) is 1. The highest BCUT2D eigenvalue weighted by atomic mass is 16.5. The molecule has 1 rings (SSSR count). The molecule has 2 unspecified atom stereocenters. The second-order valence-electron chi connectivity index (χ2n) is 5.83. The van der Waals surface area contributed by atoms with Crippen LogP contribution in [0.4, 0.5) is 0 Å². The molecule has 0 bridgehead atoms. The van der Waals surface area contributed by atoms with E-state index >= 15 is 0 Å². The number of nitrogens with zero attached hydrogens (tertiary/aromatic N) is 1. The fourth-order valence-corrected chi connectivity index (χ4v) is 2.52.